The summed E-state index contributed by atoms with van der Waals surface area (Å²) in [6.45, 7) is 9.79. The zero-order valence-corrected chi connectivity index (χ0v) is 29.3. The van der Waals surface area contributed by atoms with Crippen LogP contribution in [0.15, 0.2) is 38.2 Å². The van der Waals surface area contributed by atoms with Crippen LogP contribution in [0.5, 0.6) is 0 Å². The first-order chi connectivity index (χ1) is 22.5. The van der Waals surface area contributed by atoms with Crippen molar-refractivity contribution >= 4 is 34.9 Å². The highest BCUT2D eigenvalue weighted by atomic mass is 16.3. The van der Waals surface area contributed by atoms with Crippen LogP contribution in [0, 0.1) is 6.92 Å². The number of carbonyl (C=O) groups is 1. The highest BCUT2D eigenvalue weighted by molar-refractivity contribution is 6.45. The third kappa shape index (κ3) is 12.2. The molecule has 8 heteroatoms. The lowest BCUT2D eigenvalue weighted by Gasteiger charge is -2.23. The molecule has 0 unspecified atom stereocenters. The summed E-state index contributed by atoms with van der Waals surface area (Å²) < 4.78 is 0. The molecule has 1 aromatic heterocycles. The monoisotopic (exact) mass is 632 g/mol. The van der Waals surface area contributed by atoms with E-state index in [1.54, 1.807) is 6.20 Å². The van der Waals surface area contributed by atoms with Crippen molar-refractivity contribution in [3.8, 4) is 0 Å². The summed E-state index contributed by atoms with van der Waals surface area (Å²) in [4.78, 5) is 35.8. The Morgan fingerprint density at radius 2 is 1.28 bits per heavy atom. The highest BCUT2D eigenvalue weighted by Crippen LogP contribution is 2.37. The molecule has 0 fully saturated rings. The van der Waals surface area contributed by atoms with Crippen molar-refractivity contribution in [2.75, 3.05) is 18.4 Å². The van der Waals surface area contributed by atoms with Gasteiger partial charge in [-0.15, -0.1) is 0 Å². The minimum atomic E-state index is -0.291. The number of nitrogens with one attached hydrogen (secondary N) is 1. The number of anilines is 1. The lowest BCUT2D eigenvalue weighted by Crippen LogP contribution is -2.26. The van der Waals surface area contributed by atoms with Crippen molar-refractivity contribution in [1.82, 2.24) is 9.97 Å². The van der Waals surface area contributed by atoms with Gasteiger partial charge in [0, 0.05) is 13.1 Å². The molecule has 0 saturated heterocycles. The number of hydrogen-bond donors (Lipinski definition) is 2. The lowest BCUT2D eigenvalue weighted by molar-refractivity contribution is -0.111. The first-order valence-corrected chi connectivity index (χ1v) is 18.4. The number of allylic oxidation sites excluding steroid dienone is 3. The number of hydrogen-bond acceptors (Lipinski definition) is 7. The molecule has 0 spiro atoms. The molecule has 254 valence electrons. The predicted octanol–water partition coefficient (Wildman–Crippen LogP) is 10.1. The molecule has 0 aromatic carbocycles. The summed E-state index contributed by atoms with van der Waals surface area (Å²) in [5.41, 5.74) is 2.45. The zero-order valence-electron chi connectivity index (χ0n) is 29.3. The van der Waals surface area contributed by atoms with E-state index in [0.29, 0.717) is 28.6 Å². The van der Waals surface area contributed by atoms with E-state index in [1.165, 1.54) is 122 Å². The summed E-state index contributed by atoms with van der Waals surface area (Å²) in [6.07, 6.45) is 29.0. The van der Waals surface area contributed by atoms with Crippen LogP contribution in [0.2, 0.25) is 0 Å². The maximum absolute atomic E-state index is 13.1. The van der Waals surface area contributed by atoms with Gasteiger partial charge >= 0.3 is 0 Å². The molecule has 0 saturated carbocycles. The van der Waals surface area contributed by atoms with Gasteiger partial charge in [0.05, 0.1) is 46.4 Å². The number of amidine groups is 1. The number of nitrogens with zero attached hydrogens (tertiary/aromatic N) is 5. The highest BCUT2D eigenvalue weighted by Gasteiger charge is 2.39. The largest absolute Gasteiger partial charge is 0.506 e. The fourth-order valence-electron chi connectivity index (χ4n) is 6.01. The molecule has 0 radical (unpaired) electrons. The van der Waals surface area contributed by atoms with Crippen LogP contribution < -0.4 is 5.32 Å². The Labute approximate surface area is 278 Å². The molecular weight excluding hydrogens is 572 g/mol. The van der Waals surface area contributed by atoms with E-state index in [1.807, 2.05) is 13.8 Å². The van der Waals surface area contributed by atoms with E-state index in [-0.39, 0.29) is 22.7 Å². The first-order valence-electron chi connectivity index (χ1n) is 18.4. The van der Waals surface area contributed by atoms with Gasteiger partial charge in [0.1, 0.15) is 11.6 Å². The van der Waals surface area contributed by atoms with Crippen molar-refractivity contribution in [2.24, 2.45) is 15.0 Å². The minimum absolute atomic E-state index is 0.103. The second-order valence-corrected chi connectivity index (χ2v) is 13.0. The average Bonchev–Trinajstić information content (AvgIpc) is 3.04. The summed E-state index contributed by atoms with van der Waals surface area (Å²) in [6, 6.07) is 0. The van der Waals surface area contributed by atoms with E-state index < -0.39 is 0 Å². The van der Waals surface area contributed by atoms with E-state index in [4.69, 9.17) is 0 Å². The average molecular weight is 633 g/mol. The molecule has 2 aliphatic rings. The smallest absolute Gasteiger partial charge is 0.205 e. The Balaban J connectivity index is 1.41. The summed E-state index contributed by atoms with van der Waals surface area (Å²) in [7, 11) is 0. The zero-order chi connectivity index (χ0) is 33.0. The third-order valence-electron chi connectivity index (χ3n) is 8.90. The number of rotatable bonds is 24. The van der Waals surface area contributed by atoms with Crippen molar-refractivity contribution in [3.05, 3.63) is 34.6 Å². The van der Waals surface area contributed by atoms with Gasteiger partial charge in [0.2, 0.25) is 5.78 Å². The van der Waals surface area contributed by atoms with Crippen LogP contribution in [0.25, 0.3) is 5.57 Å². The molecule has 0 atom stereocenters. The van der Waals surface area contributed by atoms with Crippen molar-refractivity contribution in [2.45, 2.75) is 156 Å². The Kier molecular flexibility index (Phi) is 17.5. The Bertz CT molecular complexity index is 1260. The molecule has 2 N–H and O–H groups in total. The van der Waals surface area contributed by atoms with Crippen LogP contribution in [-0.2, 0) is 4.79 Å². The van der Waals surface area contributed by atoms with Gasteiger partial charge in [-0.1, -0.05) is 129 Å². The maximum atomic E-state index is 13.1. The Hall–Kier alpha value is -3.16. The van der Waals surface area contributed by atoms with Gasteiger partial charge in [-0.25, -0.2) is 20.0 Å². The fraction of sp³-hybridized carbons (Fsp3) is 0.684. The van der Waals surface area contributed by atoms with E-state index in [0.717, 1.165) is 31.7 Å². The molecule has 3 rings (SSSR count). The van der Waals surface area contributed by atoms with Crippen molar-refractivity contribution in [1.29, 1.82) is 0 Å². The normalized spacial score (nSPS) is 17.2. The molecule has 46 heavy (non-hydrogen) atoms. The summed E-state index contributed by atoms with van der Waals surface area (Å²) in [5, 5.41) is 14.2. The van der Waals surface area contributed by atoms with Gasteiger partial charge in [-0.2, -0.15) is 0 Å². The van der Waals surface area contributed by atoms with E-state index in [2.05, 4.69) is 44.1 Å². The standard InChI is InChI=1S/C38H60N6O2/c1-5-7-9-11-13-15-17-19-21-23-25-39-37-29(3)43-31(27-41-37)33-35(45)34(36(33)46)32-28-42-38(30(4)44-32)40-26-24-22-20-18-16-14-12-10-8-6-2/h27-28,45H,5-26H2,1-4H3,(H,39,41)/b34-32-,40-38-. The van der Waals surface area contributed by atoms with Crippen LogP contribution in [0.4, 0.5) is 5.82 Å². The van der Waals surface area contributed by atoms with Gasteiger partial charge in [0.15, 0.2) is 5.84 Å². The summed E-state index contributed by atoms with van der Waals surface area (Å²) >= 11 is 0. The van der Waals surface area contributed by atoms with Gasteiger partial charge in [-0.3, -0.25) is 9.79 Å². The van der Waals surface area contributed by atoms with Gasteiger partial charge in [-0.05, 0) is 26.7 Å². The van der Waals surface area contributed by atoms with Crippen molar-refractivity contribution < 1.29 is 9.90 Å². The second-order valence-electron chi connectivity index (χ2n) is 13.0. The van der Waals surface area contributed by atoms with Gasteiger partial charge in [0.25, 0.3) is 0 Å². The number of carbonyl (C=O) groups excluding carboxylic acids is 1. The third-order valence-corrected chi connectivity index (χ3v) is 8.90. The number of ketones is 1. The predicted molar refractivity (Wildman–Crippen MR) is 194 cm³/mol. The second kappa shape index (κ2) is 21.6. The first kappa shape index (κ1) is 37.3. The number of Topliss-reactive ketones (excluding diaryl/α,β-unsaturated/α-hetero) is 1. The van der Waals surface area contributed by atoms with Gasteiger partial charge < -0.3 is 10.4 Å². The topological polar surface area (TPSA) is 112 Å². The molecule has 1 aliphatic heterocycles. The lowest BCUT2D eigenvalue weighted by atomic mass is 9.84. The number of aryl methyl sites for hydroxylation is 1. The van der Waals surface area contributed by atoms with Crippen molar-refractivity contribution in [3.63, 3.8) is 0 Å². The Morgan fingerprint density at radius 1 is 0.739 bits per heavy atom. The number of unbranched alkanes of at least 4 members (excludes halogenated alkanes) is 18. The molecule has 0 amide bonds. The number of aliphatic imine (C=N–C) groups is 3. The van der Waals surface area contributed by atoms with E-state index >= 15 is 0 Å². The quantitative estimate of drug-likeness (QED) is 0.0870. The van der Waals surface area contributed by atoms with Crippen LogP contribution in [0.3, 0.4) is 0 Å². The molecule has 8 nitrogen and oxygen atoms in total. The maximum Gasteiger partial charge on any atom is 0.205 e. The summed E-state index contributed by atoms with van der Waals surface area (Å²) in [5.74, 6) is 0.919. The van der Waals surface area contributed by atoms with Crippen LogP contribution in [0.1, 0.15) is 161 Å². The fourth-order valence-corrected chi connectivity index (χ4v) is 6.01. The van der Waals surface area contributed by atoms with Crippen LogP contribution in [-0.4, -0.2) is 51.7 Å². The number of aliphatic hydroxyl groups excluding tert-OH is 1. The minimum Gasteiger partial charge on any atom is -0.506 e. The molecule has 1 aromatic rings. The molecular formula is C38H60N6O2. The number of aliphatic hydroxyl groups is 1. The van der Waals surface area contributed by atoms with E-state index in [9.17, 15) is 9.90 Å². The molecule has 1 aliphatic carbocycles. The molecule has 2 heterocycles. The Morgan fingerprint density at radius 3 is 1.80 bits per heavy atom. The SMILES string of the molecule is CCCCCCCCCCCC/N=C1N=C/C(=C2/C(=O)C(c3cnc(NCCCCCCCCCCCC)c(C)n3)=C2O)N=C\1C. The molecule has 0 bridgehead atoms. The number of aromatic nitrogens is 2. The van der Waals surface area contributed by atoms with Crippen LogP contribution >= 0.6 is 0 Å².